The summed E-state index contributed by atoms with van der Waals surface area (Å²) in [4.78, 5) is 13.9. The number of nitrogens with zero attached hydrogens (tertiary/aromatic N) is 1. The van der Waals surface area contributed by atoms with Gasteiger partial charge in [-0.15, -0.1) is 0 Å². The number of carbonyl (C=O) groups is 1. The fourth-order valence-corrected chi connectivity index (χ4v) is 2.58. The molecule has 0 radical (unpaired) electrons. The molecule has 0 spiro atoms. The number of likely N-dealkylation sites (N-methyl/N-ethyl adjacent to an activating group) is 2. The van der Waals surface area contributed by atoms with E-state index in [4.69, 9.17) is 17.3 Å². The zero-order valence-corrected chi connectivity index (χ0v) is 13.2. The van der Waals surface area contributed by atoms with Gasteiger partial charge in [0.15, 0.2) is 0 Å². The van der Waals surface area contributed by atoms with Crippen LogP contribution in [0.3, 0.4) is 0 Å². The predicted octanol–water partition coefficient (Wildman–Crippen LogP) is 2.19. The van der Waals surface area contributed by atoms with Crippen molar-refractivity contribution in [2.45, 2.75) is 32.9 Å². The van der Waals surface area contributed by atoms with E-state index in [9.17, 15) is 4.79 Å². The van der Waals surface area contributed by atoms with E-state index in [1.54, 1.807) is 0 Å². The Bertz CT molecular complexity index is 437. The molecule has 0 bridgehead atoms. The van der Waals surface area contributed by atoms with E-state index in [-0.39, 0.29) is 18.0 Å². The Labute approximate surface area is 126 Å². The monoisotopic (exact) mass is 297 g/mol. The van der Waals surface area contributed by atoms with Gasteiger partial charge < -0.3 is 11.1 Å². The number of benzene rings is 1. The molecule has 0 aliphatic carbocycles. The highest BCUT2D eigenvalue weighted by atomic mass is 35.5. The third kappa shape index (κ3) is 4.78. The molecule has 0 aliphatic rings. The highest BCUT2D eigenvalue weighted by Crippen LogP contribution is 2.25. The van der Waals surface area contributed by atoms with Crippen LogP contribution in [0.2, 0.25) is 5.02 Å². The molecule has 1 aromatic rings. The normalized spacial score (nSPS) is 14.1. The Kier molecular flexibility index (Phi) is 6.99. The summed E-state index contributed by atoms with van der Waals surface area (Å²) in [7, 11) is 0. The van der Waals surface area contributed by atoms with E-state index in [1.807, 2.05) is 45.0 Å². The van der Waals surface area contributed by atoms with Crippen molar-refractivity contribution in [1.82, 2.24) is 10.2 Å². The highest BCUT2D eigenvalue weighted by molar-refractivity contribution is 6.30. The summed E-state index contributed by atoms with van der Waals surface area (Å²) < 4.78 is 0. The van der Waals surface area contributed by atoms with Crippen LogP contribution in [0.25, 0.3) is 0 Å². The second kappa shape index (κ2) is 8.25. The second-order valence-electron chi connectivity index (χ2n) is 4.88. The molecule has 0 saturated carbocycles. The Morgan fingerprint density at radius 2 is 2.15 bits per heavy atom. The van der Waals surface area contributed by atoms with Gasteiger partial charge in [-0.3, -0.25) is 9.69 Å². The van der Waals surface area contributed by atoms with Crippen LogP contribution in [-0.2, 0) is 4.79 Å². The van der Waals surface area contributed by atoms with Crippen LogP contribution < -0.4 is 11.1 Å². The summed E-state index contributed by atoms with van der Waals surface area (Å²) in [6.07, 6.45) is 0. The maximum atomic E-state index is 11.8. The van der Waals surface area contributed by atoms with Crippen molar-refractivity contribution in [1.29, 1.82) is 0 Å². The average molecular weight is 298 g/mol. The van der Waals surface area contributed by atoms with Gasteiger partial charge in [-0.2, -0.15) is 0 Å². The fourth-order valence-electron chi connectivity index (χ4n) is 2.38. The van der Waals surface area contributed by atoms with Crippen molar-refractivity contribution in [2.75, 3.05) is 19.6 Å². The molecule has 0 fully saturated rings. The van der Waals surface area contributed by atoms with E-state index in [0.29, 0.717) is 18.1 Å². The molecular weight excluding hydrogens is 274 g/mol. The Balaban J connectivity index is 2.95. The van der Waals surface area contributed by atoms with E-state index < -0.39 is 0 Å². The smallest absolute Gasteiger partial charge is 0.234 e. The maximum absolute atomic E-state index is 11.8. The van der Waals surface area contributed by atoms with Crippen LogP contribution in [0.5, 0.6) is 0 Å². The lowest BCUT2D eigenvalue weighted by Crippen LogP contribution is -2.44. The molecule has 5 heteroatoms. The first-order valence-corrected chi connectivity index (χ1v) is 7.39. The molecule has 0 aromatic heterocycles. The SMILES string of the molecule is CCNC(=O)CN(CC)C(c1cccc(Cl)c1)C(C)N. The maximum Gasteiger partial charge on any atom is 0.234 e. The van der Waals surface area contributed by atoms with Gasteiger partial charge in [-0.05, 0) is 38.1 Å². The molecule has 0 heterocycles. The third-order valence-corrected chi connectivity index (χ3v) is 3.44. The molecule has 20 heavy (non-hydrogen) atoms. The molecule has 3 N–H and O–H groups in total. The highest BCUT2D eigenvalue weighted by Gasteiger charge is 2.24. The van der Waals surface area contributed by atoms with Crippen LogP contribution >= 0.6 is 11.6 Å². The molecule has 2 atom stereocenters. The summed E-state index contributed by atoms with van der Waals surface area (Å²) in [6.45, 7) is 7.61. The lowest BCUT2D eigenvalue weighted by molar-refractivity contribution is -0.122. The summed E-state index contributed by atoms with van der Waals surface area (Å²) in [6, 6.07) is 7.54. The van der Waals surface area contributed by atoms with Crippen molar-refractivity contribution in [2.24, 2.45) is 5.73 Å². The van der Waals surface area contributed by atoms with Gasteiger partial charge >= 0.3 is 0 Å². The first kappa shape index (κ1) is 17.0. The molecule has 112 valence electrons. The quantitative estimate of drug-likeness (QED) is 0.811. The number of nitrogens with one attached hydrogen (secondary N) is 1. The van der Waals surface area contributed by atoms with Crippen LogP contribution in [-0.4, -0.2) is 36.5 Å². The van der Waals surface area contributed by atoms with Gasteiger partial charge in [-0.1, -0.05) is 30.7 Å². The zero-order valence-electron chi connectivity index (χ0n) is 12.4. The van der Waals surface area contributed by atoms with Crippen LogP contribution in [0.4, 0.5) is 0 Å². The second-order valence-corrected chi connectivity index (χ2v) is 5.31. The van der Waals surface area contributed by atoms with Gasteiger partial charge in [0.25, 0.3) is 0 Å². The fraction of sp³-hybridized carbons (Fsp3) is 0.533. The summed E-state index contributed by atoms with van der Waals surface area (Å²) in [5.74, 6) is 0.0158. The predicted molar refractivity (Wildman–Crippen MR) is 83.8 cm³/mol. The molecule has 0 aliphatic heterocycles. The number of nitrogens with two attached hydrogens (primary N) is 1. The minimum atomic E-state index is -0.0946. The van der Waals surface area contributed by atoms with E-state index in [0.717, 1.165) is 12.1 Å². The number of amides is 1. The van der Waals surface area contributed by atoms with Gasteiger partial charge in [0, 0.05) is 17.6 Å². The Hall–Kier alpha value is -1.10. The van der Waals surface area contributed by atoms with E-state index >= 15 is 0 Å². The average Bonchev–Trinajstić information content (AvgIpc) is 2.37. The number of hydrogen-bond donors (Lipinski definition) is 2. The van der Waals surface area contributed by atoms with Crippen molar-refractivity contribution >= 4 is 17.5 Å². The largest absolute Gasteiger partial charge is 0.355 e. The third-order valence-electron chi connectivity index (χ3n) is 3.21. The van der Waals surface area contributed by atoms with Crippen molar-refractivity contribution in [3.63, 3.8) is 0 Å². The Morgan fingerprint density at radius 3 is 2.65 bits per heavy atom. The van der Waals surface area contributed by atoms with Gasteiger partial charge in [0.1, 0.15) is 0 Å². The van der Waals surface area contributed by atoms with Gasteiger partial charge in [0.05, 0.1) is 12.6 Å². The summed E-state index contributed by atoms with van der Waals surface area (Å²) in [5, 5.41) is 3.50. The van der Waals surface area contributed by atoms with Crippen LogP contribution in [0, 0.1) is 0 Å². The van der Waals surface area contributed by atoms with Crippen LogP contribution in [0.15, 0.2) is 24.3 Å². The first-order chi connectivity index (χ1) is 9.49. The molecule has 1 aromatic carbocycles. The van der Waals surface area contributed by atoms with E-state index in [2.05, 4.69) is 10.2 Å². The number of rotatable bonds is 7. The number of halogens is 1. The number of carbonyl (C=O) groups excluding carboxylic acids is 1. The molecule has 1 amide bonds. The van der Waals surface area contributed by atoms with E-state index in [1.165, 1.54) is 0 Å². The minimum Gasteiger partial charge on any atom is -0.355 e. The lowest BCUT2D eigenvalue weighted by atomic mass is 9.99. The first-order valence-electron chi connectivity index (χ1n) is 7.01. The number of hydrogen-bond acceptors (Lipinski definition) is 3. The zero-order chi connectivity index (χ0) is 15.1. The van der Waals surface area contributed by atoms with Gasteiger partial charge in [0.2, 0.25) is 5.91 Å². The standard InChI is InChI=1S/C15H24ClN3O/c1-4-18-14(20)10-19(5-2)15(11(3)17)12-7-6-8-13(16)9-12/h6-9,11,15H,4-5,10,17H2,1-3H3,(H,18,20). The molecular formula is C15H24ClN3O. The Morgan fingerprint density at radius 1 is 1.45 bits per heavy atom. The van der Waals surface area contributed by atoms with Gasteiger partial charge in [-0.25, -0.2) is 0 Å². The molecule has 2 unspecified atom stereocenters. The summed E-state index contributed by atoms with van der Waals surface area (Å²) >= 11 is 6.06. The van der Waals surface area contributed by atoms with Crippen molar-refractivity contribution < 1.29 is 4.79 Å². The topological polar surface area (TPSA) is 58.4 Å². The van der Waals surface area contributed by atoms with Crippen molar-refractivity contribution in [3.05, 3.63) is 34.9 Å². The lowest BCUT2D eigenvalue weighted by Gasteiger charge is -2.33. The van der Waals surface area contributed by atoms with Crippen LogP contribution in [0.1, 0.15) is 32.4 Å². The van der Waals surface area contributed by atoms with Crippen molar-refractivity contribution in [3.8, 4) is 0 Å². The minimum absolute atomic E-state index is 0.0158. The summed E-state index contributed by atoms with van der Waals surface area (Å²) in [5.41, 5.74) is 7.17. The molecule has 0 saturated heterocycles. The molecule has 4 nitrogen and oxygen atoms in total. The molecule has 1 rings (SSSR count).